The van der Waals surface area contributed by atoms with Gasteiger partial charge in [0.15, 0.2) is 11.6 Å². The number of rotatable bonds is 4. The Bertz CT molecular complexity index is 741. The molecule has 0 amide bonds. The number of nitrogens with two attached hydrogens (primary N) is 1. The van der Waals surface area contributed by atoms with E-state index in [1.54, 1.807) is 18.2 Å². The number of ether oxygens (including phenoxy) is 1. The van der Waals surface area contributed by atoms with E-state index < -0.39 is 5.82 Å². The zero-order valence-electron chi connectivity index (χ0n) is 11.1. The molecule has 3 rings (SSSR count). The second kappa shape index (κ2) is 5.66. The van der Waals surface area contributed by atoms with E-state index in [2.05, 4.69) is 5.16 Å². The van der Waals surface area contributed by atoms with Gasteiger partial charge in [0.1, 0.15) is 12.3 Å². The predicted octanol–water partition coefficient (Wildman–Crippen LogP) is 3.64. The van der Waals surface area contributed by atoms with Crippen LogP contribution in [0.1, 0.15) is 5.56 Å². The van der Waals surface area contributed by atoms with Gasteiger partial charge in [-0.25, -0.2) is 4.39 Å². The summed E-state index contributed by atoms with van der Waals surface area (Å²) >= 11 is 0. The zero-order chi connectivity index (χ0) is 14.7. The van der Waals surface area contributed by atoms with Gasteiger partial charge in [-0.3, -0.25) is 0 Å². The van der Waals surface area contributed by atoms with Gasteiger partial charge in [0, 0.05) is 11.6 Å². The van der Waals surface area contributed by atoms with Crippen LogP contribution in [0.4, 0.5) is 10.3 Å². The lowest BCUT2D eigenvalue weighted by Gasteiger charge is -2.08. The fourth-order valence-corrected chi connectivity index (χ4v) is 1.94. The van der Waals surface area contributed by atoms with Crippen molar-refractivity contribution < 1.29 is 13.7 Å². The summed E-state index contributed by atoms with van der Waals surface area (Å²) < 4.78 is 24.3. The van der Waals surface area contributed by atoms with Gasteiger partial charge in [-0.2, -0.15) is 0 Å². The molecule has 0 unspecified atom stereocenters. The molecule has 5 heteroatoms. The highest BCUT2D eigenvalue weighted by atomic mass is 19.1. The third kappa shape index (κ3) is 3.02. The SMILES string of the molecule is Nc1cc(-c2ccc(OCc3ccccc3)c(F)c2)no1. The van der Waals surface area contributed by atoms with Gasteiger partial charge in [0.05, 0.1) is 0 Å². The maximum atomic E-state index is 14.0. The number of nitrogen functional groups attached to an aromatic ring is 1. The van der Waals surface area contributed by atoms with Crippen molar-refractivity contribution in [1.29, 1.82) is 0 Å². The van der Waals surface area contributed by atoms with Gasteiger partial charge < -0.3 is 15.0 Å². The Hall–Kier alpha value is -2.82. The summed E-state index contributed by atoms with van der Waals surface area (Å²) in [6, 6.07) is 15.7. The number of anilines is 1. The molecular weight excluding hydrogens is 271 g/mol. The van der Waals surface area contributed by atoms with Crippen molar-refractivity contribution >= 4 is 5.88 Å². The Morgan fingerprint density at radius 2 is 1.90 bits per heavy atom. The first kappa shape index (κ1) is 13.2. The molecule has 2 aromatic carbocycles. The normalized spacial score (nSPS) is 10.5. The highest BCUT2D eigenvalue weighted by Gasteiger charge is 2.09. The van der Waals surface area contributed by atoms with Crippen LogP contribution in [0.3, 0.4) is 0 Å². The molecule has 1 heterocycles. The number of hydrogen-bond donors (Lipinski definition) is 1. The molecule has 0 atom stereocenters. The maximum absolute atomic E-state index is 14.0. The monoisotopic (exact) mass is 284 g/mol. The fourth-order valence-electron chi connectivity index (χ4n) is 1.94. The van der Waals surface area contributed by atoms with E-state index in [1.807, 2.05) is 30.3 Å². The molecule has 0 bridgehead atoms. The molecule has 3 aromatic rings. The molecule has 2 N–H and O–H groups in total. The summed E-state index contributed by atoms with van der Waals surface area (Å²) in [5, 5.41) is 3.74. The van der Waals surface area contributed by atoms with Crippen molar-refractivity contribution in [1.82, 2.24) is 5.16 Å². The van der Waals surface area contributed by atoms with Gasteiger partial charge >= 0.3 is 0 Å². The Balaban J connectivity index is 1.75. The molecule has 0 saturated heterocycles. The smallest absolute Gasteiger partial charge is 0.222 e. The van der Waals surface area contributed by atoms with Crippen molar-refractivity contribution in [2.45, 2.75) is 6.61 Å². The van der Waals surface area contributed by atoms with Crippen molar-refractivity contribution in [3.63, 3.8) is 0 Å². The molecule has 0 saturated carbocycles. The molecule has 106 valence electrons. The number of nitrogens with zero attached hydrogens (tertiary/aromatic N) is 1. The quantitative estimate of drug-likeness (QED) is 0.794. The Morgan fingerprint density at radius 3 is 2.57 bits per heavy atom. The largest absolute Gasteiger partial charge is 0.486 e. The van der Waals surface area contributed by atoms with Crippen molar-refractivity contribution in [3.05, 3.63) is 66.0 Å². The standard InChI is InChI=1S/C16H13FN2O2/c17-13-8-12(14-9-16(18)21-19-14)6-7-15(13)20-10-11-4-2-1-3-5-11/h1-9H,10,18H2. The lowest BCUT2D eigenvalue weighted by Crippen LogP contribution is -1.97. The minimum Gasteiger partial charge on any atom is -0.486 e. The minimum atomic E-state index is -0.454. The van der Waals surface area contributed by atoms with Crippen LogP contribution in [0.2, 0.25) is 0 Å². The van der Waals surface area contributed by atoms with Gasteiger partial charge in [-0.15, -0.1) is 0 Å². The van der Waals surface area contributed by atoms with Gasteiger partial charge in [-0.1, -0.05) is 35.5 Å². The zero-order valence-corrected chi connectivity index (χ0v) is 11.1. The van der Waals surface area contributed by atoms with E-state index in [-0.39, 0.29) is 11.6 Å². The van der Waals surface area contributed by atoms with Crippen LogP contribution in [-0.2, 0) is 6.61 Å². The summed E-state index contributed by atoms with van der Waals surface area (Å²) in [5.74, 6) is -0.0705. The van der Waals surface area contributed by atoms with Crippen LogP contribution in [0.5, 0.6) is 5.75 Å². The highest BCUT2D eigenvalue weighted by molar-refractivity contribution is 5.62. The maximum Gasteiger partial charge on any atom is 0.222 e. The van der Waals surface area contributed by atoms with Crippen molar-refractivity contribution in [2.24, 2.45) is 0 Å². The minimum absolute atomic E-state index is 0.190. The average Bonchev–Trinajstić information content (AvgIpc) is 2.93. The van der Waals surface area contributed by atoms with Crippen LogP contribution in [-0.4, -0.2) is 5.16 Å². The van der Waals surface area contributed by atoms with E-state index in [1.165, 1.54) is 6.07 Å². The average molecular weight is 284 g/mol. The third-order valence-corrected chi connectivity index (χ3v) is 2.99. The van der Waals surface area contributed by atoms with Crippen molar-refractivity contribution in [3.8, 4) is 17.0 Å². The van der Waals surface area contributed by atoms with E-state index in [0.717, 1.165) is 5.56 Å². The molecule has 0 spiro atoms. The molecular formula is C16H13FN2O2. The highest BCUT2D eigenvalue weighted by Crippen LogP contribution is 2.26. The van der Waals surface area contributed by atoms with Crippen LogP contribution >= 0.6 is 0 Å². The molecule has 0 aliphatic heterocycles. The Labute approximate surface area is 120 Å². The summed E-state index contributed by atoms with van der Waals surface area (Å²) in [7, 11) is 0. The summed E-state index contributed by atoms with van der Waals surface area (Å²) in [5.41, 5.74) is 7.50. The second-order valence-corrected chi connectivity index (χ2v) is 4.53. The number of hydrogen-bond acceptors (Lipinski definition) is 4. The Kier molecular flexibility index (Phi) is 3.55. The van der Waals surface area contributed by atoms with Crippen LogP contribution in [0, 0.1) is 5.82 Å². The summed E-state index contributed by atoms with van der Waals surface area (Å²) in [6.07, 6.45) is 0. The van der Waals surface area contributed by atoms with Gasteiger partial charge in [0.2, 0.25) is 5.88 Å². The second-order valence-electron chi connectivity index (χ2n) is 4.53. The van der Waals surface area contributed by atoms with Crippen LogP contribution < -0.4 is 10.5 Å². The van der Waals surface area contributed by atoms with Gasteiger partial charge in [0.25, 0.3) is 0 Å². The number of halogens is 1. The summed E-state index contributed by atoms with van der Waals surface area (Å²) in [4.78, 5) is 0. The molecule has 0 fully saturated rings. The van der Waals surface area contributed by atoms with E-state index in [0.29, 0.717) is 17.9 Å². The molecule has 0 aliphatic carbocycles. The van der Waals surface area contributed by atoms with E-state index in [9.17, 15) is 4.39 Å². The lowest BCUT2D eigenvalue weighted by molar-refractivity contribution is 0.290. The van der Waals surface area contributed by atoms with E-state index in [4.69, 9.17) is 15.0 Å². The molecule has 0 aliphatic rings. The fraction of sp³-hybridized carbons (Fsp3) is 0.0625. The third-order valence-electron chi connectivity index (χ3n) is 2.99. The summed E-state index contributed by atoms with van der Waals surface area (Å²) in [6.45, 7) is 0.314. The number of aromatic nitrogens is 1. The Morgan fingerprint density at radius 1 is 1.10 bits per heavy atom. The molecule has 1 aromatic heterocycles. The first-order valence-electron chi connectivity index (χ1n) is 6.41. The molecule has 0 radical (unpaired) electrons. The van der Waals surface area contributed by atoms with Crippen molar-refractivity contribution in [2.75, 3.05) is 5.73 Å². The number of benzene rings is 2. The first-order chi connectivity index (χ1) is 10.2. The predicted molar refractivity (Wildman–Crippen MR) is 77.1 cm³/mol. The first-order valence-corrected chi connectivity index (χ1v) is 6.41. The topological polar surface area (TPSA) is 61.3 Å². The van der Waals surface area contributed by atoms with Crippen LogP contribution in [0.15, 0.2) is 59.1 Å². The molecule has 4 nitrogen and oxygen atoms in total. The van der Waals surface area contributed by atoms with Gasteiger partial charge in [-0.05, 0) is 23.8 Å². The lowest BCUT2D eigenvalue weighted by atomic mass is 10.1. The van der Waals surface area contributed by atoms with E-state index >= 15 is 0 Å². The van der Waals surface area contributed by atoms with Crippen LogP contribution in [0.25, 0.3) is 11.3 Å². The molecule has 21 heavy (non-hydrogen) atoms.